The zero-order chi connectivity index (χ0) is 22.6. The van der Waals surface area contributed by atoms with E-state index in [0.717, 1.165) is 23.3 Å². The van der Waals surface area contributed by atoms with Crippen LogP contribution in [0.25, 0.3) is 17.1 Å². The molecule has 3 aromatic rings. The van der Waals surface area contributed by atoms with Gasteiger partial charge in [0.2, 0.25) is 0 Å². The van der Waals surface area contributed by atoms with E-state index in [1.54, 1.807) is 12.1 Å². The Morgan fingerprint density at radius 3 is 2.29 bits per heavy atom. The number of aromatic nitrogens is 3. The molecule has 1 heterocycles. The average molecular weight is 437 g/mol. The monoisotopic (exact) mass is 437 g/mol. The molecule has 7 nitrogen and oxygen atoms in total. The van der Waals surface area contributed by atoms with Crippen LogP contribution in [0.2, 0.25) is 0 Å². The highest BCUT2D eigenvalue weighted by atomic mass is 19.3. The summed E-state index contributed by atoms with van der Waals surface area (Å²) >= 11 is 0. The van der Waals surface area contributed by atoms with Crippen LogP contribution in [0.4, 0.5) is 22.4 Å². The van der Waals surface area contributed by atoms with Crippen molar-refractivity contribution in [1.29, 1.82) is 0 Å². The van der Waals surface area contributed by atoms with E-state index in [1.807, 2.05) is 12.1 Å². The first-order valence-electron chi connectivity index (χ1n) is 9.11. The fourth-order valence-electron chi connectivity index (χ4n) is 2.47. The lowest BCUT2D eigenvalue weighted by Gasteiger charge is -2.23. The molecule has 0 unspecified atom stereocenters. The van der Waals surface area contributed by atoms with Gasteiger partial charge in [0.1, 0.15) is 12.1 Å². The number of nitrogens with zero attached hydrogens (tertiary/aromatic N) is 3. The Hall–Kier alpha value is -3.63. The van der Waals surface area contributed by atoms with Crippen LogP contribution in [-0.2, 0) is 6.54 Å². The smallest absolute Gasteiger partial charge is 0.428 e. The number of urea groups is 1. The standard InChI is InChI=1S/C20H19F4N5O2/c1-19(21,22)20(23,24)31-16-9-7-15(8-10-16)29-12-27-17(28-29)14-5-3-13(4-6-14)11-26-18(30)25-2/h3-10,12H,11H2,1-2H3,(H2,25,26,30). The number of hydrogen-bond acceptors (Lipinski definition) is 4. The molecule has 0 aliphatic heterocycles. The number of ether oxygens (including phenoxy) is 1. The Morgan fingerprint density at radius 1 is 1.06 bits per heavy atom. The number of carbonyl (C=O) groups excluding carboxylic acids is 1. The zero-order valence-corrected chi connectivity index (χ0v) is 16.6. The minimum Gasteiger partial charge on any atom is -0.428 e. The molecule has 0 aliphatic carbocycles. The second-order valence-corrected chi connectivity index (χ2v) is 6.64. The number of halogens is 4. The number of carbonyl (C=O) groups is 1. The maximum absolute atomic E-state index is 13.3. The lowest BCUT2D eigenvalue weighted by molar-refractivity contribution is -0.301. The predicted molar refractivity (Wildman–Crippen MR) is 104 cm³/mol. The van der Waals surface area contributed by atoms with Crippen LogP contribution in [0.1, 0.15) is 12.5 Å². The first-order chi connectivity index (χ1) is 14.6. The molecule has 2 aromatic carbocycles. The van der Waals surface area contributed by atoms with E-state index in [1.165, 1.54) is 30.2 Å². The third-order valence-electron chi connectivity index (χ3n) is 4.24. The molecule has 0 aliphatic rings. The van der Waals surface area contributed by atoms with Crippen molar-refractivity contribution in [3.8, 4) is 22.8 Å². The van der Waals surface area contributed by atoms with E-state index in [2.05, 4.69) is 25.5 Å². The molecule has 31 heavy (non-hydrogen) atoms. The van der Waals surface area contributed by atoms with Crippen LogP contribution in [0.15, 0.2) is 54.9 Å². The molecule has 1 aromatic heterocycles. The van der Waals surface area contributed by atoms with Crippen LogP contribution in [0.5, 0.6) is 5.75 Å². The van der Waals surface area contributed by atoms with E-state index in [4.69, 9.17) is 0 Å². The third kappa shape index (κ3) is 5.30. The van der Waals surface area contributed by atoms with Crippen molar-refractivity contribution in [2.75, 3.05) is 7.05 Å². The third-order valence-corrected chi connectivity index (χ3v) is 4.24. The Balaban J connectivity index is 1.69. The molecule has 0 spiro atoms. The van der Waals surface area contributed by atoms with E-state index in [-0.39, 0.29) is 13.0 Å². The van der Waals surface area contributed by atoms with Gasteiger partial charge < -0.3 is 15.4 Å². The van der Waals surface area contributed by atoms with Crippen LogP contribution in [0.3, 0.4) is 0 Å². The highest BCUT2D eigenvalue weighted by Crippen LogP contribution is 2.35. The second kappa shape index (κ2) is 8.62. The van der Waals surface area contributed by atoms with Gasteiger partial charge in [-0.05, 0) is 29.8 Å². The first kappa shape index (κ1) is 22.1. The van der Waals surface area contributed by atoms with E-state index in [9.17, 15) is 22.4 Å². The van der Waals surface area contributed by atoms with E-state index >= 15 is 0 Å². The summed E-state index contributed by atoms with van der Waals surface area (Å²) in [4.78, 5) is 15.4. The van der Waals surface area contributed by atoms with Crippen molar-refractivity contribution in [1.82, 2.24) is 25.4 Å². The van der Waals surface area contributed by atoms with Gasteiger partial charge in [0, 0.05) is 26.1 Å². The second-order valence-electron chi connectivity index (χ2n) is 6.64. The summed E-state index contributed by atoms with van der Waals surface area (Å²) in [6.45, 7) is 0.447. The van der Waals surface area contributed by atoms with Gasteiger partial charge in [-0.25, -0.2) is 14.5 Å². The molecule has 3 rings (SSSR count). The first-order valence-corrected chi connectivity index (χ1v) is 9.11. The number of rotatable bonds is 7. The summed E-state index contributed by atoms with van der Waals surface area (Å²) in [5.41, 5.74) is 2.09. The molecule has 164 valence electrons. The minimum atomic E-state index is -4.63. The molecule has 0 atom stereocenters. The van der Waals surface area contributed by atoms with Crippen molar-refractivity contribution < 1.29 is 27.1 Å². The maximum atomic E-state index is 13.3. The van der Waals surface area contributed by atoms with Gasteiger partial charge in [0.15, 0.2) is 5.82 Å². The van der Waals surface area contributed by atoms with Gasteiger partial charge in [0.25, 0.3) is 0 Å². The van der Waals surface area contributed by atoms with Gasteiger partial charge in [-0.15, -0.1) is 5.10 Å². The van der Waals surface area contributed by atoms with Crippen LogP contribution < -0.4 is 15.4 Å². The lowest BCUT2D eigenvalue weighted by Crippen LogP contribution is -2.42. The van der Waals surface area contributed by atoms with Crippen LogP contribution in [-0.4, -0.2) is 39.9 Å². The number of nitrogens with one attached hydrogen (secondary N) is 2. The average Bonchev–Trinajstić information content (AvgIpc) is 3.22. The summed E-state index contributed by atoms with van der Waals surface area (Å²) in [5.74, 6) is -4.31. The molecule has 2 amide bonds. The molecule has 0 saturated heterocycles. The van der Waals surface area contributed by atoms with Gasteiger partial charge in [-0.2, -0.15) is 17.6 Å². The van der Waals surface area contributed by atoms with Gasteiger partial charge in [0.05, 0.1) is 5.69 Å². The number of alkyl halides is 4. The predicted octanol–water partition coefficient (Wildman–Crippen LogP) is 3.99. The Bertz CT molecular complexity index is 1030. The van der Waals surface area contributed by atoms with Gasteiger partial charge in [-0.3, -0.25) is 0 Å². The summed E-state index contributed by atoms with van der Waals surface area (Å²) < 4.78 is 58.0. The molecule has 2 N–H and O–H groups in total. The number of amides is 2. The van der Waals surface area contributed by atoms with Crippen LogP contribution in [0, 0.1) is 0 Å². The van der Waals surface area contributed by atoms with Crippen molar-refractivity contribution in [2.45, 2.75) is 25.5 Å². The van der Waals surface area contributed by atoms with Crippen molar-refractivity contribution in [3.63, 3.8) is 0 Å². The molecule has 0 radical (unpaired) electrons. The zero-order valence-electron chi connectivity index (χ0n) is 16.6. The van der Waals surface area contributed by atoms with Gasteiger partial charge in [-0.1, -0.05) is 24.3 Å². The number of hydrogen-bond donors (Lipinski definition) is 2. The summed E-state index contributed by atoms with van der Waals surface area (Å²) in [6.07, 6.45) is -3.20. The van der Waals surface area contributed by atoms with Crippen molar-refractivity contribution in [2.24, 2.45) is 0 Å². The van der Waals surface area contributed by atoms with Crippen molar-refractivity contribution >= 4 is 6.03 Å². The normalized spacial score (nSPS) is 11.8. The quantitative estimate of drug-likeness (QED) is 0.548. The molecular weight excluding hydrogens is 418 g/mol. The van der Waals surface area contributed by atoms with Crippen LogP contribution >= 0.6 is 0 Å². The summed E-state index contributed by atoms with van der Waals surface area (Å²) in [7, 11) is 1.53. The number of benzene rings is 2. The Kier molecular flexibility index (Phi) is 6.14. The topological polar surface area (TPSA) is 81.1 Å². The summed E-state index contributed by atoms with van der Waals surface area (Å²) in [5, 5.41) is 9.46. The molecule has 11 heteroatoms. The Morgan fingerprint density at radius 2 is 1.71 bits per heavy atom. The maximum Gasteiger partial charge on any atom is 0.463 e. The van der Waals surface area contributed by atoms with Crippen molar-refractivity contribution in [3.05, 3.63) is 60.4 Å². The fraction of sp³-hybridized carbons (Fsp3) is 0.250. The highest BCUT2D eigenvalue weighted by molar-refractivity contribution is 5.73. The highest BCUT2D eigenvalue weighted by Gasteiger charge is 2.55. The molecule has 0 saturated carbocycles. The molecule has 0 bridgehead atoms. The lowest BCUT2D eigenvalue weighted by atomic mass is 10.1. The van der Waals surface area contributed by atoms with Gasteiger partial charge >= 0.3 is 18.1 Å². The van der Waals surface area contributed by atoms with E-state index in [0.29, 0.717) is 18.1 Å². The summed E-state index contributed by atoms with van der Waals surface area (Å²) in [6, 6.07) is 12.0. The molecular formula is C20H19F4N5O2. The molecule has 0 fully saturated rings. The Labute approximate surface area is 175 Å². The van der Waals surface area contributed by atoms with E-state index < -0.39 is 17.8 Å². The largest absolute Gasteiger partial charge is 0.463 e. The SMILES string of the molecule is CNC(=O)NCc1ccc(-c2ncn(-c3ccc(OC(F)(F)C(C)(F)F)cc3)n2)cc1. The minimum absolute atomic E-state index is 0.0866. The fourth-order valence-corrected chi connectivity index (χ4v) is 2.47.